The number of nitrogens with zero attached hydrogens (tertiary/aromatic N) is 3. The lowest BCUT2D eigenvalue weighted by molar-refractivity contribution is 0.767. The maximum absolute atomic E-state index is 3.58. The highest BCUT2D eigenvalue weighted by atomic mass is 79.9. The van der Waals surface area contributed by atoms with Crippen molar-refractivity contribution in [1.29, 1.82) is 0 Å². The molecule has 2 heterocycles. The van der Waals surface area contributed by atoms with Crippen molar-refractivity contribution in [3.63, 3.8) is 0 Å². The normalized spacial score (nSPS) is 12.2. The summed E-state index contributed by atoms with van der Waals surface area (Å²) >= 11 is 3.58. The fourth-order valence-electron chi connectivity index (χ4n) is 21.7. The maximum atomic E-state index is 3.58. The molecule has 0 amide bonds. The molecule has 5 heteroatoms. The fraction of sp³-hybridized carbons (Fsp3) is 0.0222. The average Bonchev–Trinajstić information content (AvgIpc) is 1.51. The zero-order chi connectivity index (χ0) is 92.6. The van der Waals surface area contributed by atoms with E-state index in [1.165, 1.54) is 177 Å². The molecule has 2 aliphatic carbocycles. The van der Waals surface area contributed by atoms with Gasteiger partial charge in [0, 0.05) is 65.8 Å². The van der Waals surface area contributed by atoms with Gasteiger partial charge in [-0.05, 0) is 279 Å². The third-order valence-electron chi connectivity index (χ3n) is 28.1. The van der Waals surface area contributed by atoms with E-state index in [-0.39, 0.29) is 7.43 Å². The van der Waals surface area contributed by atoms with Gasteiger partial charge < -0.3 is 19.4 Å². The Hall–Kier alpha value is -17.5. The number of para-hydroxylation sites is 4. The largest absolute Gasteiger partial charge is 0.356 e. The van der Waals surface area contributed by atoms with Crippen molar-refractivity contribution < 1.29 is 0 Å². The van der Waals surface area contributed by atoms with Gasteiger partial charge in [0.05, 0.1) is 32.9 Å². The molecule has 22 aromatic carbocycles. The van der Waals surface area contributed by atoms with E-state index in [2.05, 4.69) is 569 Å². The van der Waals surface area contributed by atoms with Crippen LogP contribution in [0.4, 0.5) is 28.4 Å². The second-order valence-corrected chi connectivity index (χ2v) is 36.8. The van der Waals surface area contributed by atoms with E-state index in [4.69, 9.17) is 0 Å². The number of rotatable bonds is 17. The second kappa shape index (κ2) is 37.7. The number of nitrogens with one attached hydrogen (secondary N) is 1. The summed E-state index contributed by atoms with van der Waals surface area (Å²) in [7, 11) is 0. The molecule has 2 aliphatic rings. The summed E-state index contributed by atoms with van der Waals surface area (Å²) < 4.78 is 6.01. The molecular weight excluding hydrogens is 1760 g/mol. The van der Waals surface area contributed by atoms with Crippen LogP contribution in [0.5, 0.6) is 0 Å². The van der Waals surface area contributed by atoms with Crippen LogP contribution in [0.1, 0.15) is 51.9 Å². The van der Waals surface area contributed by atoms with Gasteiger partial charge in [0.1, 0.15) is 0 Å². The summed E-state index contributed by atoms with van der Waals surface area (Å²) in [5.74, 6) is 0. The number of anilines is 5. The monoisotopic (exact) mass is 1850 g/mol. The smallest absolute Gasteiger partial charge is 0.0714 e. The van der Waals surface area contributed by atoms with Gasteiger partial charge in [-0.3, -0.25) is 0 Å². The first-order valence-electron chi connectivity index (χ1n) is 47.7. The lowest BCUT2D eigenvalue weighted by Crippen LogP contribution is -2.28. The van der Waals surface area contributed by atoms with Crippen molar-refractivity contribution in [1.82, 2.24) is 9.13 Å². The molecule has 0 fully saturated rings. The van der Waals surface area contributed by atoms with Crippen LogP contribution >= 0.6 is 15.9 Å². The predicted molar refractivity (Wildman–Crippen MR) is 594 cm³/mol. The van der Waals surface area contributed by atoms with Crippen LogP contribution in [0.25, 0.3) is 144 Å². The number of hydrogen-bond acceptors (Lipinski definition) is 2. The van der Waals surface area contributed by atoms with Crippen LogP contribution in [-0.2, 0) is 10.8 Å². The van der Waals surface area contributed by atoms with Crippen LogP contribution in [0.15, 0.2) is 563 Å². The molecular formula is C135H97BrN4. The number of benzene rings is 22. The third-order valence-corrected chi connectivity index (χ3v) is 28.6. The van der Waals surface area contributed by atoms with Gasteiger partial charge in [-0.15, -0.1) is 0 Å². The molecule has 26 rings (SSSR count). The van der Waals surface area contributed by atoms with Crippen molar-refractivity contribution in [3.05, 3.63) is 607 Å². The van der Waals surface area contributed by atoms with Crippen molar-refractivity contribution in [3.8, 4) is 100 Å². The summed E-state index contributed by atoms with van der Waals surface area (Å²) in [6.07, 6.45) is 0. The molecule has 0 saturated heterocycles. The SMILES string of the molecule is Brc1ccc(-c2cccc(-c3ccc4c(c3)c3ccccc3n4-c3ccc4c(c3)C(c3ccccc3)(c3ccccc3)c3ccccc3-4)c2)cc1.C.c1ccc(-c2ccc(N(c3ccccc3)c3ccc(-c4cccc(-c5ccc6c(c5)c5ccccc5n6-c5ccc6c(c5)C(c5ccccc5)(c5ccccc5)c5ccccc5-6)c4)cc3)cc2)cc1.c1ccc(Nc2ccc(-c3ccccc3)cc2)cc1. The van der Waals surface area contributed by atoms with Crippen molar-refractivity contribution >= 4 is 88.0 Å². The molecule has 0 unspecified atom stereocenters. The van der Waals surface area contributed by atoms with Crippen LogP contribution in [0.2, 0.25) is 0 Å². The van der Waals surface area contributed by atoms with Crippen LogP contribution in [-0.4, -0.2) is 9.13 Å². The summed E-state index contributed by atoms with van der Waals surface area (Å²) in [4.78, 5) is 2.32. The Bertz CT molecular complexity index is 8500. The maximum Gasteiger partial charge on any atom is 0.0714 e. The lowest BCUT2D eigenvalue weighted by atomic mass is 9.67. The Morgan fingerprint density at radius 3 is 0.864 bits per heavy atom. The van der Waals surface area contributed by atoms with Crippen molar-refractivity contribution in [2.45, 2.75) is 18.3 Å². The fourth-order valence-corrected chi connectivity index (χ4v) is 22.0. The molecule has 0 aliphatic heterocycles. The minimum absolute atomic E-state index is 0. The van der Waals surface area contributed by atoms with Gasteiger partial charge in [0.25, 0.3) is 0 Å². The zero-order valence-corrected chi connectivity index (χ0v) is 77.9. The highest BCUT2D eigenvalue weighted by molar-refractivity contribution is 9.10. The van der Waals surface area contributed by atoms with Gasteiger partial charge in [0.2, 0.25) is 0 Å². The number of fused-ring (bicyclic) bond motifs is 12. The molecule has 0 saturated carbocycles. The van der Waals surface area contributed by atoms with E-state index in [1.54, 1.807) is 0 Å². The number of hydrogen-bond donors (Lipinski definition) is 1. The van der Waals surface area contributed by atoms with Gasteiger partial charge in [-0.2, -0.15) is 0 Å². The van der Waals surface area contributed by atoms with E-state index in [1.807, 2.05) is 24.3 Å². The van der Waals surface area contributed by atoms with Gasteiger partial charge in [0.15, 0.2) is 0 Å². The highest BCUT2D eigenvalue weighted by Gasteiger charge is 2.48. The Morgan fingerprint density at radius 1 is 0.186 bits per heavy atom. The summed E-state index contributed by atoms with van der Waals surface area (Å²) in [5, 5.41) is 8.35. The minimum atomic E-state index is -0.474. The minimum Gasteiger partial charge on any atom is -0.356 e. The van der Waals surface area contributed by atoms with Crippen LogP contribution in [0, 0.1) is 0 Å². The van der Waals surface area contributed by atoms with Crippen LogP contribution in [0.3, 0.4) is 0 Å². The summed E-state index contributed by atoms with van der Waals surface area (Å²) in [6, 6.07) is 203. The molecule has 140 heavy (non-hydrogen) atoms. The van der Waals surface area contributed by atoms with E-state index < -0.39 is 10.8 Å². The first kappa shape index (κ1) is 86.6. The highest BCUT2D eigenvalue weighted by Crippen LogP contribution is 2.59. The van der Waals surface area contributed by atoms with E-state index in [0.29, 0.717) is 0 Å². The van der Waals surface area contributed by atoms with Crippen molar-refractivity contribution in [2.75, 3.05) is 10.2 Å². The lowest BCUT2D eigenvalue weighted by Gasteiger charge is -2.34. The standard InChI is InChI=1S/C67H46N2.C49H32BrN.C18H15N.CH4/c1-5-18-47(19-6-1)48-32-37-56(38-33-48)68(55-26-11-4-12-27-55)57-39-34-49(35-40-57)50-20-17-21-51(44-50)52-36-43-66-62(45-52)61-29-14-16-31-65(61)69(66)58-41-42-60-59-28-13-15-30-63(59)67(64(60)46-58,53-22-7-2-8-23-53)54-24-9-3-10-25-54;50-39-25-22-33(23-26-39)34-12-11-13-35(30-34)36-24-29-48-44(31-36)43-19-8-10-21-47(43)51(48)40-27-28-42-41-18-7-9-20-45(41)49(46(42)32-40,37-14-3-1-4-15-37)38-16-5-2-6-17-38;1-3-7-15(8-4-1)16-11-13-18(14-12-16)19-17-9-5-2-6-10-17;/h1-46H;1-32H;1-14,19H;1H4. The van der Waals surface area contributed by atoms with Crippen LogP contribution < -0.4 is 10.2 Å². The Balaban J connectivity index is 0.000000134. The van der Waals surface area contributed by atoms with E-state index >= 15 is 0 Å². The molecule has 0 atom stereocenters. The molecule has 24 aromatic rings. The molecule has 2 aromatic heterocycles. The predicted octanol–water partition coefficient (Wildman–Crippen LogP) is 36.6. The third kappa shape index (κ3) is 15.8. The van der Waals surface area contributed by atoms with Crippen molar-refractivity contribution in [2.24, 2.45) is 0 Å². The molecule has 664 valence electrons. The topological polar surface area (TPSA) is 25.1 Å². The van der Waals surface area contributed by atoms with E-state index in [0.717, 1.165) is 44.3 Å². The van der Waals surface area contributed by atoms with Gasteiger partial charge in [-0.25, -0.2) is 0 Å². The molecule has 0 radical (unpaired) electrons. The Kier molecular flexibility index (Phi) is 23.3. The average molecular weight is 1860 g/mol. The second-order valence-electron chi connectivity index (χ2n) is 35.9. The van der Waals surface area contributed by atoms with E-state index in [9.17, 15) is 0 Å². The Morgan fingerprint density at radius 2 is 0.457 bits per heavy atom. The molecule has 4 nitrogen and oxygen atoms in total. The molecule has 0 spiro atoms. The first-order valence-corrected chi connectivity index (χ1v) is 48.5. The molecule has 1 N–H and O–H groups in total. The summed E-state index contributed by atoms with van der Waals surface area (Å²) in [5.41, 5.74) is 41.7. The zero-order valence-electron chi connectivity index (χ0n) is 76.3. The summed E-state index contributed by atoms with van der Waals surface area (Å²) in [6.45, 7) is 0. The Labute approximate surface area is 826 Å². The quantitative estimate of drug-likeness (QED) is 0.0983. The number of aromatic nitrogens is 2. The first-order chi connectivity index (χ1) is 68.8. The van der Waals surface area contributed by atoms with Gasteiger partial charge in [-0.1, -0.05) is 436 Å². The van der Waals surface area contributed by atoms with Gasteiger partial charge >= 0.3 is 0 Å². The number of halogens is 1. The molecule has 0 bridgehead atoms.